The van der Waals surface area contributed by atoms with Gasteiger partial charge in [0.15, 0.2) is 0 Å². The number of likely N-dealkylation sites (tertiary alicyclic amines) is 1. The van der Waals surface area contributed by atoms with Gasteiger partial charge in [0, 0.05) is 41.7 Å². The highest BCUT2D eigenvalue weighted by Crippen LogP contribution is 2.37. The Bertz CT molecular complexity index is 1230. The van der Waals surface area contributed by atoms with Crippen LogP contribution in [0, 0.1) is 11.8 Å². The molecule has 0 unspecified atom stereocenters. The minimum atomic E-state index is -1.12. The maximum Gasteiger partial charge on any atom is 0.303 e. The molecule has 3 aromatic rings. The summed E-state index contributed by atoms with van der Waals surface area (Å²) < 4.78 is 20.9. The zero-order chi connectivity index (χ0) is 27.1. The van der Waals surface area contributed by atoms with Gasteiger partial charge in [-0.25, -0.2) is 4.39 Å². The number of carbonyl (C=O) groups is 1. The number of methoxy groups -OCH3 is 1. The van der Waals surface area contributed by atoms with Crippen LogP contribution >= 0.6 is 35.0 Å². The van der Waals surface area contributed by atoms with Gasteiger partial charge >= 0.3 is 5.97 Å². The van der Waals surface area contributed by atoms with E-state index in [0.717, 1.165) is 54.0 Å². The molecule has 3 atom stereocenters. The second kappa shape index (κ2) is 13.8. The van der Waals surface area contributed by atoms with Crippen LogP contribution in [0.25, 0.3) is 10.9 Å². The largest absolute Gasteiger partial charge is 0.497 e. The Morgan fingerprint density at radius 3 is 2.74 bits per heavy atom. The molecule has 0 amide bonds. The second-order valence-electron chi connectivity index (χ2n) is 9.77. The van der Waals surface area contributed by atoms with Crippen LogP contribution in [0.3, 0.4) is 0 Å². The number of hydrogen-bond donors (Lipinski definition) is 1. The molecule has 204 valence electrons. The maximum atomic E-state index is 15.6. The molecule has 0 saturated carbocycles. The van der Waals surface area contributed by atoms with Crippen molar-refractivity contribution in [3.63, 3.8) is 0 Å². The lowest BCUT2D eigenvalue weighted by atomic mass is 9.79. The number of benzene rings is 2. The first-order chi connectivity index (χ1) is 18.4. The van der Waals surface area contributed by atoms with Gasteiger partial charge in [-0.15, -0.1) is 11.8 Å². The zero-order valence-corrected chi connectivity index (χ0v) is 23.7. The van der Waals surface area contributed by atoms with E-state index < -0.39 is 12.1 Å². The highest BCUT2D eigenvalue weighted by molar-refractivity contribution is 7.99. The molecular formula is C29H33Cl2FN2O3S. The summed E-state index contributed by atoms with van der Waals surface area (Å²) in [6.45, 7) is 2.59. The minimum Gasteiger partial charge on any atom is -0.497 e. The smallest absolute Gasteiger partial charge is 0.303 e. The van der Waals surface area contributed by atoms with Gasteiger partial charge in [0.1, 0.15) is 11.9 Å². The number of rotatable bonds is 12. The van der Waals surface area contributed by atoms with Crippen LogP contribution in [0.5, 0.6) is 5.75 Å². The number of halogens is 3. The van der Waals surface area contributed by atoms with E-state index in [4.69, 9.17) is 27.9 Å². The number of aromatic nitrogens is 1. The molecule has 1 aliphatic heterocycles. The average Bonchev–Trinajstić information content (AvgIpc) is 2.92. The maximum absolute atomic E-state index is 15.6. The summed E-state index contributed by atoms with van der Waals surface area (Å²) >= 11 is 14.2. The molecule has 38 heavy (non-hydrogen) atoms. The Morgan fingerprint density at radius 2 is 2.00 bits per heavy atom. The molecule has 2 heterocycles. The third kappa shape index (κ3) is 7.53. The minimum absolute atomic E-state index is 0.132. The van der Waals surface area contributed by atoms with Gasteiger partial charge in [0.25, 0.3) is 0 Å². The van der Waals surface area contributed by atoms with Gasteiger partial charge in [0.2, 0.25) is 0 Å². The molecule has 0 spiro atoms. The highest BCUT2D eigenvalue weighted by Gasteiger charge is 2.30. The number of nitrogens with zero attached hydrogens (tertiary/aromatic N) is 2. The summed E-state index contributed by atoms with van der Waals surface area (Å²) in [7, 11) is 1.60. The summed E-state index contributed by atoms with van der Waals surface area (Å²) in [5.74, 6) is 1.23. The van der Waals surface area contributed by atoms with Gasteiger partial charge in [-0.2, -0.15) is 0 Å². The second-order valence-corrected chi connectivity index (χ2v) is 11.7. The summed E-state index contributed by atoms with van der Waals surface area (Å²) in [4.78, 5) is 19.0. The SMILES string of the molecule is COc1ccc2nccc([C@H](F)CC[C@@H]3CCN(CCSc4c(Cl)cccc4Cl)C[C@H]3CCC(=O)O)c2c1. The number of piperidine rings is 1. The monoisotopic (exact) mass is 578 g/mol. The predicted octanol–water partition coefficient (Wildman–Crippen LogP) is 7.94. The Morgan fingerprint density at radius 1 is 1.21 bits per heavy atom. The molecular weight excluding hydrogens is 546 g/mol. The molecule has 9 heteroatoms. The quantitative estimate of drug-likeness (QED) is 0.220. The van der Waals surface area contributed by atoms with Crippen LogP contribution in [-0.2, 0) is 4.79 Å². The number of ether oxygens (including phenoxy) is 1. The van der Waals surface area contributed by atoms with Crippen LogP contribution in [0.2, 0.25) is 10.0 Å². The lowest BCUT2D eigenvalue weighted by molar-refractivity contribution is -0.137. The fourth-order valence-corrected chi connectivity index (χ4v) is 7.03. The van der Waals surface area contributed by atoms with Crippen molar-refractivity contribution in [3.8, 4) is 5.75 Å². The third-order valence-electron chi connectivity index (χ3n) is 7.39. The molecule has 0 bridgehead atoms. The Balaban J connectivity index is 1.36. The van der Waals surface area contributed by atoms with Crippen molar-refractivity contribution in [3.05, 3.63) is 64.3 Å². The van der Waals surface area contributed by atoms with Gasteiger partial charge < -0.3 is 14.7 Å². The van der Waals surface area contributed by atoms with Crippen molar-refractivity contribution in [2.24, 2.45) is 11.8 Å². The summed E-state index contributed by atoms with van der Waals surface area (Å²) in [6, 6.07) is 12.8. The topological polar surface area (TPSA) is 62.7 Å². The fourth-order valence-electron chi connectivity index (χ4n) is 5.33. The van der Waals surface area contributed by atoms with Gasteiger partial charge in [-0.05, 0) is 86.0 Å². The molecule has 0 aliphatic carbocycles. The van der Waals surface area contributed by atoms with E-state index in [1.807, 2.05) is 36.4 Å². The first-order valence-corrected chi connectivity index (χ1v) is 14.7. The van der Waals surface area contributed by atoms with Crippen LogP contribution in [0.1, 0.15) is 43.8 Å². The molecule has 1 N–H and O–H groups in total. The standard InChI is InChI=1S/C29H33Cl2FN2O3S/c1-37-21-7-9-27-23(17-21)22(11-13-33-27)26(32)8-5-19-12-14-34(18-20(19)6-10-28(35)36)15-16-38-29-24(30)3-2-4-25(29)31/h2-4,7,9,11,13,17,19-20,26H,5-6,8,10,12,14-16,18H2,1H3,(H,35,36)/t19-,20-,26-/m1/s1. The van der Waals surface area contributed by atoms with Crippen molar-refractivity contribution < 1.29 is 19.0 Å². The van der Waals surface area contributed by atoms with Crippen molar-refractivity contribution >= 4 is 51.8 Å². The van der Waals surface area contributed by atoms with E-state index in [1.165, 1.54) is 0 Å². The zero-order valence-electron chi connectivity index (χ0n) is 21.4. The van der Waals surface area contributed by atoms with Gasteiger partial charge in [-0.3, -0.25) is 9.78 Å². The fraction of sp³-hybridized carbons (Fsp3) is 0.448. The molecule has 1 aromatic heterocycles. The van der Waals surface area contributed by atoms with Crippen LogP contribution in [-0.4, -0.2) is 53.5 Å². The first-order valence-electron chi connectivity index (χ1n) is 12.9. The Labute approximate surface area is 237 Å². The highest BCUT2D eigenvalue weighted by atomic mass is 35.5. The Kier molecular flexibility index (Phi) is 10.5. The predicted molar refractivity (Wildman–Crippen MR) is 153 cm³/mol. The Hall–Kier alpha value is -2.06. The lowest BCUT2D eigenvalue weighted by Gasteiger charge is -2.39. The molecule has 1 fully saturated rings. The number of alkyl halides is 1. The molecule has 1 saturated heterocycles. The van der Waals surface area contributed by atoms with Gasteiger partial charge in [-0.1, -0.05) is 29.3 Å². The summed E-state index contributed by atoms with van der Waals surface area (Å²) in [6.07, 6.45) is 3.31. The molecule has 2 aromatic carbocycles. The number of thioether (sulfide) groups is 1. The normalized spacial score (nSPS) is 18.9. The molecule has 5 nitrogen and oxygen atoms in total. The van der Waals surface area contributed by atoms with Crippen LogP contribution < -0.4 is 4.74 Å². The van der Waals surface area contributed by atoms with Crippen molar-refractivity contribution in [2.75, 3.05) is 32.5 Å². The van der Waals surface area contributed by atoms with Crippen molar-refractivity contribution in [1.29, 1.82) is 0 Å². The van der Waals surface area contributed by atoms with E-state index in [-0.39, 0.29) is 18.3 Å². The number of hydrogen-bond acceptors (Lipinski definition) is 5. The van der Waals surface area contributed by atoms with E-state index in [9.17, 15) is 9.90 Å². The van der Waals surface area contributed by atoms with E-state index in [1.54, 1.807) is 31.1 Å². The number of pyridine rings is 1. The lowest BCUT2D eigenvalue weighted by Crippen LogP contribution is -2.41. The van der Waals surface area contributed by atoms with Crippen LogP contribution in [0.4, 0.5) is 4.39 Å². The first kappa shape index (κ1) is 28.9. The number of carboxylic acid groups (broad SMARTS) is 1. The third-order valence-corrected chi connectivity index (χ3v) is 9.36. The number of aliphatic carboxylic acids is 1. The molecule has 4 rings (SSSR count). The average molecular weight is 580 g/mol. The number of carboxylic acids is 1. The van der Waals surface area contributed by atoms with Gasteiger partial charge in [0.05, 0.1) is 22.7 Å². The number of fused-ring (bicyclic) bond motifs is 1. The van der Waals surface area contributed by atoms with E-state index in [2.05, 4.69) is 9.88 Å². The van der Waals surface area contributed by atoms with E-state index in [0.29, 0.717) is 34.2 Å². The van der Waals surface area contributed by atoms with Crippen molar-refractivity contribution in [1.82, 2.24) is 9.88 Å². The summed E-state index contributed by atoms with van der Waals surface area (Å²) in [5.41, 5.74) is 1.37. The molecule has 0 radical (unpaired) electrons. The van der Waals surface area contributed by atoms with Crippen molar-refractivity contribution in [2.45, 2.75) is 43.2 Å². The van der Waals surface area contributed by atoms with E-state index >= 15 is 4.39 Å². The molecule has 1 aliphatic rings. The summed E-state index contributed by atoms with van der Waals surface area (Å²) in [5, 5.41) is 11.4. The van der Waals surface area contributed by atoms with Crippen LogP contribution in [0.15, 0.2) is 53.6 Å².